The lowest BCUT2D eigenvalue weighted by Crippen LogP contribution is -2.25. The number of nitrogens with zero attached hydrogens (tertiary/aromatic N) is 2. The van der Waals surface area contributed by atoms with E-state index in [2.05, 4.69) is 4.90 Å². The summed E-state index contributed by atoms with van der Waals surface area (Å²) in [5.41, 5.74) is 6.79. The fourth-order valence-electron chi connectivity index (χ4n) is 2.06. The number of thioether (sulfide) groups is 1. The van der Waals surface area contributed by atoms with Gasteiger partial charge in [0.1, 0.15) is 5.69 Å². The Bertz CT molecular complexity index is 431. The summed E-state index contributed by atoms with van der Waals surface area (Å²) in [6.45, 7) is 2.87. The molecule has 0 amide bonds. The SMILES string of the molecule is Nc1ccc(CN2CCCSCC2)cc1[N+](=O)[O-]. The van der Waals surface area contributed by atoms with E-state index >= 15 is 0 Å². The fourth-order valence-corrected chi connectivity index (χ4v) is 2.98. The van der Waals surface area contributed by atoms with E-state index in [1.807, 2.05) is 17.8 Å². The maximum Gasteiger partial charge on any atom is 0.292 e. The Morgan fingerprint density at radius 3 is 3.00 bits per heavy atom. The highest BCUT2D eigenvalue weighted by Gasteiger charge is 2.14. The lowest BCUT2D eigenvalue weighted by molar-refractivity contribution is -0.384. The minimum Gasteiger partial charge on any atom is -0.393 e. The van der Waals surface area contributed by atoms with Gasteiger partial charge in [-0.3, -0.25) is 15.0 Å². The lowest BCUT2D eigenvalue weighted by Gasteiger charge is -2.19. The third-order valence-electron chi connectivity index (χ3n) is 3.01. The zero-order valence-corrected chi connectivity index (χ0v) is 11.0. The van der Waals surface area contributed by atoms with Crippen LogP contribution in [0, 0.1) is 10.1 Å². The van der Waals surface area contributed by atoms with Gasteiger partial charge in [0.05, 0.1) is 4.92 Å². The molecule has 0 unspecified atom stereocenters. The normalized spacial score (nSPS) is 17.3. The van der Waals surface area contributed by atoms with E-state index < -0.39 is 4.92 Å². The Labute approximate surface area is 110 Å². The number of anilines is 1. The first-order valence-electron chi connectivity index (χ1n) is 6.00. The van der Waals surface area contributed by atoms with Gasteiger partial charge in [0.15, 0.2) is 0 Å². The highest BCUT2D eigenvalue weighted by Crippen LogP contribution is 2.23. The molecule has 0 spiro atoms. The van der Waals surface area contributed by atoms with Crippen LogP contribution in [0.2, 0.25) is 0 Å². The molecule has 98 valence electrons. The molecule has 5 nitrogen and oxygen atoms in total. The van der Waals surface area contributed by atoms with E-state index in [1.54, 1.807) is 12.1 Å². The van der Waals surface area contributed by atoms with E-state index in [4.69, 9.17) is 5.73 Å². The number of nitrogen functional groups attached to an aromatic ring is 1. The van der Waals surface area contributed by atoms with Gasteiger partial charge in [0.25, 0.3) is 5.69 Å². The summed E-state index contributed by atoms with van der Waals surface area (Å²) in [5, 5.41) is 10.8. The van der Waals surface area contributed by atoms with Crippen LogP contribution in [-0.4, -0.2) is 34.4 Å². The van der Waals surface area contributed by atoms with Crippen LogP contribution in [0.3, 0.4) is 0 Å². The van der Waals surface area contributed by atoms with Gasteiger partial charge in [-0.1, -0.05) is 6.07 Å². The molecule has 1 heterocycles. The minimum absolute atomic E-state index is 0.0108. The van der Waals surface area contributed by atoms with E-state index in [0.29, 0.717) is 0 Å². The van der Waals surface area contributed by atoms with Gasteiger partial charge >= 0.3 is 0 Å². The lowest BCUT2D eigenvalue weighted by atomic mass is 10.1. The molecule has 1 aliphatic rings. The molecule has 0 saturated carbocycles. The van der Waals surface area contributed by atoms with Gasteiger partial charge in [-0.2, -0.15) is 11.8 Å². The largest absolute Gasteiger partial charge is 0.393 e. The summed E-state index contributed by atoms with van der Waals surface area (Å²) >= 11 is 1.97. The average Bonchev–Trinajstić information content (AvgIpc) is 2.60. The first-order chi connectivity index (χ1) is 8.66. The molecule has 0 radical (unpaired) electrons. The number of benzene rings is 1. The highest BCUT2D eigenvalue weighted by molar-refractivity contribution is 7.99. The quantitative estimate of drug-likeness (QED) is 0.516. The summed E-state index contributed by atoms with van der Waals surface area (Å²) in [5.74, 6) is 2.34. The summed E-state index contributed by atoms with van der Waals surface area (Å²) in [6.07, 6.45) is 1.18. The van der Waals surface area contributed by atoms with Crippen molar-refractivity contribution in [3.63, 3.8) is 0 Å². The summed E-state index contributed by atoms with van der Waals surface area (Å²) < 4.78 is 0. The van der Waals surface area contributed by atoms with Crippen LogP contribution < -0.4 is 5.73 Å². The van der Waals surface area contributed by atoms with Gasteiger partial charge in [-0.25, -0.2) is 0 Å². The van der Waals surface area contributed by atoms with Crippen molar-refractivity contribution < 1.29 is 4.92 Å². The number of nitro groups is 1. The van der Waals surface area contributed by atoms with Crippen molar-refractivity contribution in [2.24, 2.45) is 0 Å². The second-order valence-corrected chi connectivity index (χ2v) is 5.62. The number of hydrogen-bond acceptors (Lipinski definition) is 5. The molecule has 0 aliphatic carbocycles. The van der Waals surface area contributed by atoms with Crippen LogP contribution in [0.1, 0.15) is 12.0 Å². The van der Waals surface area contributed by atoms with Crippen molar-refractivity contribution in [3.05, 3.63) is 33.9 Å². The highest BCUT2D eigenvalue weighted by atomic mass is 32.2. The van der Waals surface area contributed by atoms with Crippen LogP contribution in [0.5, 0.6) is 0 Å². The molecule has 0 aromatic heterocycles. The Hall–Kier alpha value is -1.27. The van der Waals surface area contributed by atoms with Crippen LogP contribution in [0.4, 0.5) is 11.4 Å². The topological polar surface area (TPSA) is 72.4 Å². The van der Waals surface area contributed by atoms with Crippen molar-refractivity contribution in [3.8, 4) is 0 Å². The van der Waals surface area contributed by atoms with E-state index in [1.165, 1.54) is 12.2 Å². The first-order valence-corrected chi connectivity index (χ1v) is 7.15. The maximum absolute atomic E-state index is 10.8. The number of hydrogen-bond donors (Lipinski definition) is 1. The summed E-state index contributed by atoms with van der Waals surface area (Å²) in [4.78, 5) is 12.8. The molecule has 0 bridgehead atoms. The van der Waals surface area contributed by atoms with Gasteiger partial charge in [-0.05, 0) is 30.3 Å². The smallest absolute Gasteiger partial charge is 0.292 e. The van der Waals surface area contributed by atoms with E-state index in [-0.39, 0.29) is 11.4 Å². The Morgan fingerprint density at radius 1 is 1.39 bits per heavy atom. The molecule has 1 aliphatic heterocycles. The van der Waals surface area contributed by atoms with Gasteiger partial charge in [0.2, 0.25) is 0 Å². The Morgan fingerprint density at radius 2 is 2.22 bits per heavy atom. The Balaban J connectivity index is 2.08. The first kappa shape index (κ1) is 13.2. The zero-order valence-electron chi connectivity index (χ0n) is 10.2. The molecule has 0 atom stereocenters. The monoisotopic (exact) mass is 267 g/mol. The number of nitro benzene ring substituents is 1. The maximum atomic E-state index is 10.8. The molecule has 1 aromatic rings. The summed E-state index contributed by atoms with van der Waals surface area (Å²) in [6, 6.07) is 5.09. The number of rotatable bonds is 3. The third-order valence-corrected chi connectivity index (χ3v) is 4.06. The number of nitrogens with two attached hydrogens (primary N) is 1. The van der Waals surface area contributed by atoms with E-state index in [9.17, 15) is 10.1 Å². The van der Waals surface area contributed by atoms with Crippen molar-refractivity contribution in [2.75, 3.05) is 30.3 Å². The van der Waals surface area contributed by atoms with Crippen molar-refractivity contribution in [1.29, 1.82) is 0 Å². The fraction of sp³-hybridized carbons (Fsp3) is 0.500. The summed E-state index contributed by atoms with van der Waals surface area (Å²) in [7, 11) is 0. The second kappa shape index (κ2) is 6.06. The molecule has 18 heavy (non-hydrogen) atoms. The predicted octanol–water partition coefficient (Wildman–Crippen LogP) is 2.12. The van der Waals surface area contributed by atoms with Crippen molar-refractivity contribution in [2.45, 2.75) is 13.0 Å². The minimum atomic E-state index is -0.420. The molecule has 1 fully saturated rings. The van der Waals surface area contributed by atoms with Crippen LogP contribution in [0.25, 0.3) is 0 Å². The molecular formula is C12H17N3O2S. The van der Waals surface area contributed by atoms with Crippen LogP contribution in [-0.2, 0) is 6.54 Å². The van der Waals surface area contributed by atoms with E-state index in [0.717, 1.165) is 31.0 Å². The van der Waals surface area contributed by atoms with Crippen molar-refractivity contribution >= 4 is 23.1 Å². The van der Waals surface area contributed by atoms with Crippen LogP contribution >= 0.6 is 11.8 Å². The van der Waals surface area contributed by atoms with Gasteiger partial charge in [-0.15, -0.1) is 0 Å². The Kier molecular flexibility index (Phi) is 4.43. The van der Waals surface area contributed by atoms with Gasteiger partial charge in [0, 0.05) is 24.9 Å². The van der Waals surface area contributed by atoms with Crippen molar-refractivity contribution in [1.82, 2.24) is 4.90 Å². The molecule has 6 heteroatoms. The standard InChI is InChI=1S/C12H17N3O2S/c13-11-3-2-10(8-12(11)15(16)17)9-14-4-1-6-18-7-5-14/h2-3,8H,1,4-7,9,13H2. The zero-order chi connectivity index (χ0) is 13.0. The molecule has 2 N–H and O–H groups in total. The molecule has 2 rings (SSSR count). The third kappa shape index (κ3) is 3.36. The molecule has 1 aromatic carbocycles. The molecular weight excluding hydrogens is 250 g/mol. The van der Waals surface area contributed by atoms with Gasteiger partial charge < -0.3 is 5.73 Å². The molecule has 1 saturated heterocycles. The van der Waals surface area contributed by atoms with Crippen LogP contribution in [0.15, 0.2) is 18.2 Å². The predicted molar refractivity (Wildman–Crippen MR) is 74.7 cm³/mol. The second-order valence-electron chi connectivity index (χ2n) is 4.39. The average molecular weight is 267 g/mol.